The number of hydrogen-bond donors (Lipinski definition) is 3. The van der Waals surface area contributed by atoms with Gasteiger partial charge in [0.25, 0.3) is 5.91 Å². The summed E-state index contributed by atoms with van der Waals surface area (Å²) in [7, 11) is 0. The Morgan fingerprint density at radius 2 is 1.60 bits per heavy atom. The average Bonchev–Trinajstić information content (AvgIpc) is 3.34. The molecule has 0 spiro atoms. The summed E-state index contributed by atoms with van der Waals surface area (Å²) in [5, 5.41) is 11.9. The molecule has 2 atom stereocenters. The first-order valence-electron chi connectivity index (χ1n) is 13.0. The van der Waals surface area contributed by atoms with E-state index in [9.17, 15) is 9.59 Å². The number of carbonyl (C=O) groups excluding carboxylic acids is 2. The van der Waals surface area contributed by atoms with Gasteiger partial charge in [-0.05, 0) is 49.3 Å². The molecule has 3 N–H and O–H groups in total. The molecule has 0 unspecified atom stereocenters. The number of nitrogens with one attached hydrogen (secondary N) is 3. The van der Waals surface area contributed by atoms with Crippen molar-refractivity contribution in [3.8, 4) is 5.75 Å². The van der Waals surface area contributed by atoms with Crippen molar-refractivity contribution in [3.63, 3.8) is 0 Å². The molecule has 0 radical (unpaired) electrons. The second-order valence-electron chi connectivity index (χ2n) is 10.1. The van der Waals surface area contributed by atoms with Crippen LogP contribution in [0.2, 0.25) is 0 Å². The highest BCUT2D eigenvalue weighted by Gasteiger charge is 2.29. The average molecular weight is 499 g/mol. The Hall–Kier alpha value is -2.61. The number of ether oxygens (including phenoxy) is 1. The van der Waals surface area contributed by atoms with Crippen LogP contribution >= 0.6 is 11.3 Å². The summed E-state index contributed by atoms with van der Waals surface area (Å²) in [5.41, 5.74) is 1.67. The Morgan fingerprint density at radius 3 is 2.29 bits per heavy atom. The molecule has 1 heterocycles. The first kappa shape index (κ1) is 25.5. The van der Waals surface area contributed by atoms with Crippen molar-refractivity contribution in [1.82, 2.24) is 20.9 Å². The maximum Gasteiger partial charge on any atom is 0.315 e. The largest absolute Gasteiger partial charge is 0.486 e. The summed E-state index contributed by atoms with van der Waals surface area (Å²) in [6.07, 6.45) is 9.54. The predicted octanol–water partition coefficient (Wildman–Crippen LogP) is 5.52. The Morgan fingerprint density at radius 1 is 0.943 bits per heavy atom. The van der Waals surface area contributed by atoms with Crippen molar-refractivity contribution in [2.75, 3.05) is 0 Å². The lowest BCUT2D eigenvalue weighted by Gasteiger charge is -2.33. The van der Waals surface area contributed by atoms with Gasteiger partial charge in [0.15, 0.2) is 0 Å². The van der Waals surface area contributed by atoms with E-state index in [1.807, 2.05) is 12.1 Å². The first-order chi connectivity index (χ1) is 17.0. The minimum atomic E-state index is -0.194. The second-order valence-corrected chi connectivity index (χ2v) is 11.0. The number of benzene rings is 1. The Kier molecular flexibility index (Phi) is 9.01. The smallest absolute Gasteiger partial charge is 0.315 e. The predicted molar refractivity (Wildman–Crippen MR) is 139 cm³/mol. The van der Waals surface area contributed by atoms with Gasteiger partial charge in [0.05, 0.1) is 6.04 Å². The number of rotatable bonds is 8. The fourth-order valence-corrected chi connectivity index (χ4v) is 5.62. The van der Waals surface area contributed by atoms with Gasteiger partial charge in [0.2, 0.25) is 0 Å². The summed E-state index contributed by atoms with van der Waals surface area (Å²) < 4.78 is 5.85. The van der Waals surface area contributed by atoms with Gasteiger partial charge in [0.1, 0.15) is 23.1 Å². The zero-order chi connectivity index (χ0) is 24.6. The highest BCUT2D eigenvalue weighted by molar-refractivity contribution is 7.09. The molecule has 2 fully saturated rings. The molecule has 1 aromatic carbocycles. The molecule has 2 aliphatic rings. The van der Waals surface area contributed by atoms with Crippen LogP contribution in [-0.2, 0) is 6.61 Å². The lowest BCUT2D eigenvalue weighted by atomic mass is 9.90. The van der Waals surface area contributed by atoms with Crippen LogP contribution in [0.25, 0.3) is 0 Å². The quantitative estimate of drug-likeness (QED) is 0.447. The van der Waals surface area contributed by atoms with E-state index >= 15 is 0 Å². The minimum Gasteiger partial charge on any atom is -0.486 e. The molecule has 2 saturated carbocycles. The molecule has 2 aliphatic carbocycles. The number of nitrogens with zero attached hydrogens (tertiary/aromatic N) is 1. The van der Waals surface area contributed by atoms with Crippen molar-refractivity contribution in [1.29, 1.82) is 0 Å². The topological polar surface area (TPSA) is 92.3 Å². The molecule has 0 bridgehead atoms. The van der Waals surface area contributed by atoms with Crippen LogP contribution in [0.1, 0.15) is 98.6 Å². The number of aromatic nitrogens is 1. The van der Waals surface area contributed by atoms with E-state index in [0.717, 1.165) is 49.3 Å². The number of carbonyl (C=O) groups is 2. The van der Waals surface area contributed by atoms with E-state index < -0.39 is 0 Å². The van der Waals surface area contributed by atoms with E-state index in [1.54, 1.807) is 5.38 Å². The van der Waals surface area contributed by atoms with Crippen LogP contribution in [0, 0.1) is 0 Å². The monoisotopic (exact) mass is 498 g/mol. The van der Waals surface area contributed by atoms with Gasteiger partial charge in [0, 0.05) is 17.5 Å². The zero-order valence-electron chi connectivity index (χ0n) is 20.8. The van der Waals surface area contributed by atoms with E-state index in [1.165, 1.54) is 36.2 Å². The number of hydrogen-bond acceptors (Lipinski definition) is 5. The summed E-state index contributed by atoms with van der Waals surface area (Å²) in [5.74, 6) is 1.08. The highest BCUT2D eigenvalue weighted by atomic mass is 32.1. The van der Waals surface area contributed by atoms with Crippen LogP contribution in [0.15, 0.2) is 29.6 Å². The van der Waals surface area contributed by atoms with E-state index in [0.29, 0.717) is 18.2 Å². The van der Waals surface area contributed by atoms with E-state index in [4.69, 9.17) is 4.74 Å². The highest BCUT2D eigenvalue weighted by Crippen LogP contribution is 2.22. The van der Waals surface area contributed by atoms with Gasteiger partial charge >= 0.3 is 6.03 Å². The van der Waals surface area contributed by atoms with Gasteiger partial charge < -0.3 is 20.7 Å². The fraction of sp³-hybridized carbons (Fsp3) is 0.593. The SMILES string of the molecule is CC(C)c1ccc(OCc2nc(C(=O)N[C@H]3CCCC[C@@H]3NC(=O)NC3CCCCC3)cs2)cc1. The second kappa shape index (κ2) is 12.4. The van der Waals surface area contributed by atoms with Crippen LogP contribution in [0.5, 0.6) is 5.75 Å². The summed E-state index contributed by atoms with van der Waals surface area (Å²) in [6.45, 7) is 4.65. The fourth-order valence-electron chi connectivity index (χ4n) is 4.94. The molecule has 35 heavy (non-hydrogen) atoms. The van der Waals surface area contributed by atoms with Gasteiger partial charge in [-0.1, -0.05) is 58.1 Å². The molecule has 8 heteroatoms. The lowest BCUT2D eigenvalue weighted by molar-refractivity contribution is 0.0911. The number of urea groups is 1. The third-order valence-electron chi connectivity index (χ3n) is 7.03. The van der Waals surface area contributed by atoms with E-state index in [2.05, 4.69) is 46.9 Å². The van der Waals surface area contributed by atoms with Crippen molar-refractivity contribution in [2.45, 2.75) is 102 Å². The Balaban J connectivity index is 1.27. The van der Waals surface area contributed by atoms with Gasteiger partial charge in [-0.15, -0.1) is 11.3 Å². The molecular formula is C27H38N4O3S. The van der Waals surface area contributed by atoms with Crippen LogP contribution in [0.3, 0.4) is 0 Å². The number of thiazole rings is 1. The molecule has 2 aromatic rings. The maximum atomic E-state index is 12.9. The summed E-state index contributed by atoms with van der Waals surface area (Å²) >= 11 is 1.42. The Labute approximate surface area is 212 Å². The summed E-state index contributed by atoms with van der Waals surface area (Å²) in [4.78, 5) is 30.0. The van der Waals surface area contributed by atoms with E-state index in [-0.39, 0.29) is 30.1 Å². The van der Waals surface area contributed by atoms with Crippen molar-refractivity contribution in [3.05, 3.63) is 45.9 Å². The van der Waals surface area contributed by atoms with Crippen LogP contribution in [0.4, 0.5) is 4.79 Å². The molecule has 190 valence electrons. The van der Waals surface area contributed by atoms with Crippen LogP contribution < -0.4 is 20.7 Å². The molecule has 0 saturated heterocycles. The standard InChI is InChI=1S/C27H38N4O3S/c1-18(2)19-12-14-21(15-13-19)34-16-25-29-24(17-35-25)26(32)30-22-10-6-7-11-23(22)31-27(33)28-20-8-4-3-5-9-20/h12-15,17-18,20,22-23H,3-11,16H2,1-2H3,(H,30,32)(H2,28,31,33)/t22-,23-/m0/s1. The van der Waals surface area contributed by atoms with Gasteiger partial charge in [-0.2, -0.15) is 0 Å². The third kappa shape index (κ3) is 7.43. The van der Waals surface area contributed by atoms with Crippen molar-refractivity contribution >= 4 is 23.3 Å². The number of amides is 3. The lowest BCUT2D eigenvalue weighted by Crippen LogP contribution is -2.56. The van der Waals surface area contributed by atoms with Crippen molar-refractivity contribution in [2.24, 2.45) is 0 Å². The minimum absolute atomic E-state index is 0.0634. The molecule has 3 amide bonds. The normalized spacial score (nSPS) is 20.9. The van der Waals surface area contributed by atoms with Crippen molar-refractivity contribution < 1.29 is 14.3 Å². The molecule has 0 aliphatic heterocycles. The summed E-state index contributed by atoms with van der Waals surface area (Å²) in [6, 6.07) is 8.09. The zero-order valence-corrected chi connectivity index (χ0v) is 21.7. The molecule has 7 nitrogen and oxygen atoms in total. The van der Waals surface area contributed by atoms with Gasteiger partial charge in [-0.3, -0.25) is 4.79 Å². The van der Waals surface area contributed by atoms with Crippen LogP contribution in [-0.4, -0.2) is 35.0 Å². The van der Waals surface area contributed by atoms with Gasteiger partial charge in [-0.25, -0.2) is 9.78 Å². The maximum absolute atomic E-state index is 12.9. The molecule has 4 rings (SSSR count). The first-order valence-corrected chi connectivity index (χ1v) is 13.9. The molecule has 1 aromatic heterocycles. The Bertz CT molecular complexity index is 969. The molecular weight excluding hydrogens is 460 g/mol. The third-order valence-corrected chi connectivity index (χ3v) is 7.86.